The third kappa shape index (κ3) is 2.02. The van der Waals surface area contributed by atoms with Gasteiger partial charge in [-0.2, -0.15) is 0 Å². The Morgan fingerprint density at radius 3 is 2.33 bits per heavy atom. The zero-order chi connectivity index (χ0) is 18.4. The molecule has 5 heteroatoms. The summed E-state index contributed by atoms with van der Waals surface area (Å²) in [5.74, 6) is -0.218. The van der Waals surface area contributed by atoms with E-state index >= 15 is 0 Å². The van der Waals surface area contributed by atoms with Crippen LogP contribution in [0.3, 0.4) is 0 Å². The summed E-state index contributed by atoms with van der Waals surface area (Å²) >= 11 is 0. The molecule has 1 atom stereocenters. The van der Waals surface area contributed by atoms with E-state index in [2.05, 4.69) is 4.98 Å². The van der Waals surface area contributed by atoms with Gasteiger partial charge in [0.05, 0.1) is 0 Å². The number of carbonyl (C=O) groups excluding carboxylic acids is 2. The van der Waals surface area contributed by atoms with Crippen LogP contribution in [0, 0.1) is 0 Å². The zero-order valence-corrected chi connectivity index (χ0v) is 14.6. The van der Waals surface area contributed by atoms with E-state index < -0.39 is 5.66 Å². The van der Waals surface area contributed by atoms with Gasteiger partial charge in [0, 0.05) is 36.0 Å². The lowest BCUT2D eigenvalue weighted by Gasteiger charge is -2.40. The van der Waals surface area contributed by atoms with Crippen LogP contribution in [0.15, 0.2) is 79.0 Å². The lowest BCUT2D eigenvalue weighted by Crippen LogP contribution is -2.51. The Morgan fingerprint density at radius 1 is 0.889 bits per heavy atom. The standard InChI is InChI=1S/C22H17N3O2/c26-20(16-8-3-1-4-9-16)24-14-15-25-21(27)19-18(12-7-13-23-19)22(24,25)17-10-5-2-6-11-17/h1-13H,14-15H2. The Bertz CT molecular complexity index is 1040. The van der Waals surface area contributed by atoms with Gasteiger partial charge in [-0.15, -0.1) is 0 Å². The van der Waals surface area contributed by atoms with Gasteiger partial charge >= 0.3 is 0 Å². The molecule has 1 aromatic heterocycles. The van der Waals surface area contributed by atoms with Crippen molar-refractivity contribution in [3.63, 3.8) is 0 Å². The quantitative estimate of drug-likeness (QED) is 0.710. The Labute approximate surface area is 156 Å². The third-order valence-corrected chi connectivity index (χ3v) is 5.40. The number of nitrogens with zero attached hydrogens (tertiary/aromatic N) is 3. The van der Waals surface area contributed by atoms with Crippen LogP contribution in [0.4, 0.5) is 0 Å². The topological polar surface area (TPSA) is 53.5 Å². The number of rotatable bonds is 2. The highest BCUT2D eigenvalue weighted by atomic mass is 16.2. The van der Waals surface area contributed by atoms with E-state index in [4.69, 9.17) is 0 Å². The summed E-state index contributed by atoms with van der Waals surface area (Å²) in [6, 6.07) is 22.7. The van der Waals surface area contributed by atoms with Crippen LogP contribution in [0.5, 0.6) is 0 Å². The molecule has 1 unspecified atom stereocenters. The Morgan fingerprint density at radius 2 is 1.59 bits per heavy atom. The molecule has 0 spiro atoms. The molecular formula is C22H17N3O2. The maximum absolute atomic E-state index is 13.5. The second kappa shape index (κ2) is 5.77. The molecule has 3 heterocycles. The van der Waals surface area contributed by atoms with Crippen LogP contribution in [0.2, 0.25) is 0 Å². The highest BCUT2D eigenvalue weighted by Gasteiger charge is 2.60. The van der Waals surface area contributed by atoms with Crippen molar-refractivity contribution in [3.8, 4) is 0 Å². The van der Waals surface area contributed by atoms with Gasteiger partial charge in [-0.25, -0.2) is 0 Å². The number of aromatic nitrogens is 1. The second-order valence-electron chi connectivity index (χ2n) is 6.72. The predicted molar refractivity (Wildman–Crippen MR) is 100.0 cm³/mol. The molecule has 2 aromatic carbocycles. The molecular weight excluding hydrogens is 338 g/mol. The first-order valence-corrected chi connectivity index (χ1v) is 8.94. The molecule has 0 N–H and O–H groups in total. The number of carbonyl (C=O) groups is 2. The first kappa shape index (κ1) is 15.8. The monoisotopic (exact) mass is 355 g/mol. The fourth-order valence-electron chi connectivity index (χ4n) is 4.32. The first-order chi connectivity index (χ1) is 13.2. The molecule has 5 nitrogen and oxygen atoms in total. The largest absolute Gasteiger partial charge is 0.306 e. The highest BCUT2D eigenvalue weighted by molar-refractivity contribution is 6.02. The average Bonchev–Trinajstić information content (AvgIpc) is 3.25. The van der Waals surface area contributed by atoms with Crippen LogP contribution in [0.1, 0.15) is 32.0 Å². The van der Waals surface area contributed by atoms with Gasteiger partial charge in [0.15, 0.2) is 5.66 Å². The fraction of sp³-hybridized carbons (Fsp3) is 0.136. The Hall–Kier alpha value is -3.47. The predicted octanol–water partition coefficient (Wildman–Crippen LogP) is 2.89. The molecule has 3 aromatic rings. The lowest BCUT2D eigenvalue weighted by atomic mass is 9.91. The summed E-state index contributed by atoms with van der Waals surface area (Å²) in [4.78, 5) is 34.5. The van der Waals surface area contributed by atoms with E-state index in [9.17, 15) is 9.59 Å². The molecule has 2 amide bonds. The first-order valence-electron chi connectivity index (χ1n) is 8.94. The SMILES string of the molecule is O=C(c1ccccc1)N1CCN2C(=O)c3ncccc3C12c1ccccc1. The molecule has 5 rings (SSSR count). The Kier molecular flexibility index (Phi) is 3.37. The molecule has 27 heavy (non-hydrogen) atoms. The smallest absolute Gasteiger partial charge is 0.275 e. The number of hydrogen-bond donors (Lipinski definition) is 0. The summed E-state index contributed by atoms with van der Waals surface area (Å²) in [5.41, 5.74) is 1.75. The molecule has 2 aliphatic rings. The van der Waals surface area contributed by atoms with E-state index in [0.29, 0.717) is 24.3 Å². The number of hydrogen-bond acceptors (Lipinski definition) is 3. The number of benzene rings is 2. The van der Waals surface area contributed by atoms with Crippen LogP contribution < -0.4 is 0 Å². The van der Waals surface area contributed by atoms with Crippen molar-refractivity contribution in [2.75, 3.05) is 13.1 Å². The summed E-state index contributed by atoms with van der Waals surface area (Å²) in [5, 5.41) is 0. The summed E-state index contributed by atoms with van der Waals surface area (Å²) < 4.78 is 0. The summed E-state index contributed by atoms with van der Waals surface area (Å²) in [7, 11) is 0. The van der Waals surface area contributed by atoms with Crippen molar-refractivity contribution < 1.29 is 9.59 Å². The van der Waals surface area contributed by atoms with Crippen LogP contribution >= 0.6 is 0 Å². The van der Waals surface area contributed by atoms with Gasteiger partial charge in [-0.1, -0.05) is 54.6 Å². The molecule has 1 fully saturated rings. The van der Waals surface area contributed by atoms with E-state index in [-0.39, 0.29) is 11.8 Å². The molecule has 0 aliphatic carbocycles. The molecule has 2 aliphatic heterocycles. The van der Waals surface area contributed by atoms with Crippen molar-refractivity contribution in [2.24, 2.45) is 0 Å². The van der Waals surface area contributed by atoms with Crippen molar-refractivity contribution in [2.45, 2.75) is 5.66 Å². The minimum Gasteiger partial charge on any atom is -0.306 e. The normalized spacial score (nSPS) is 20.5. The van der Waals surface area contributed by atoms with Gasteiger partial charge in [0.25, 0.3) is 11.8 Å². The lowest BCUT2D eigenvalue weighted by molar-refractivity contribution is 0.0375. The molecule has 0 radical (unpaired) electrons. The Balaban J connectivity index is 1.77. The maximum Gasteiger partial charge on any atom is 0.275 e. The molecule has 132 valence electrons. The maximum atomic E-state index is 13.5. The molecule has 1 saturated heterocycles. The van der Waals surface area contributed by atoms with Crippen LogP contribution in [0.25, 0.3) is 0 Å². The van der Waals surface area contributed by atoms with Gasteiger partial charge < -0.3 is 9.80 Å². The second-order valence-corrected chi connectivity index (χ2v) is 6.72. The van der Waals surface area contributed by atoms with Gasteiger partial charge in [0.1, 0.15) is 5.69 Å². The van der Waals surface area contributed by atoms with Gasteiger partial charge in [0.2, 0.25) is 0 Å². The number of pyridine rings is 1. The summed E-state index contributed by atoms with van der Waals surface area (Å²) in [6.07, 6.45) is 1.63. The van der Waals surface area contributed by atoms with Crippen molar-refractivity contribution in [3.05, 3.63) is 101 Å². The minimum atomic E-state index is -0.950. The van der Waals surface area contributed by atoms with Gasteiger partial charge in [-0.05, 0) is 18.2 Å². The van der Waals surface area contributed by atoms with E-state index in [0.717, 1.165) is 11.1 Å². The van der Waals surface area contributed by atoms with Gasteiger partial charge in [-0.3, -0.25) is 14.6 Å². The van der Waals surface area contributed by atoms with Crippen LogP contribution in [-0.2, 0) is 5.66 Å². The van der Waals surface area contributed by atoms with Crippen molar-refractivity contribution in [1.29, 1.82) is 0 Å². The van der Waals surface area contributed by atoms with Crippen LogP contribution in [-0.4, -0.2) is 39.7 Å². The number of amides is 2. The van der Waals surface area contributed by atoms with E-state index in [1.165, 1.54) is 0 Å². The van der Waals surface area contributed by atoms with E-state index in [1.54, 1.807) is 11.1 Å². The zero-order valence-electron chi connectivity index (χ0n) is 14.6. The molecule has 0 saturated carbocycles. The van der Waals surface area contributed by atoms with Crippen molar-refractivity contribution in [1.82, 2.24) is 14.8 Å². The summed E-state index contributed by atoms with van der Waals surface area (Å²) in [6.45, 7) is 0.950. The highest BCUT2D eigenvalue weighted by Crippen LogP contribution is 2.49. The average molecular weight is 355 g/mol. The number of fused-ring (bicyclic) bond motifs is 3. The fourth-order valence-corrected chi connectivity index (χ4v) is 4.32. The molecule has 0 bridgehead atoms. The van der Waals surface area contributed by atoms with E-state index in [1.807, 2.05) is 77.7 Å². The minimum absolute atomic E-state index is 0.0912. The third-order valence-electron chi connectivity index (χ3n) is 5.40. The van der Waals surface area contributed by atoms with Crippen molar-refractivity contribution >= 4 is 11.8 Å².